The van der Waals surface area contributed by atoms with Crippen LogP contribution in [0.4, 0.5) is 0 Å². The van der Waals surface area contributed by atoms with Crippen molar-refractivity contribution in [1.29, 1.82) is 0 Å². The maximum atomic E-state index is 13.5. The summed E-state index contributed by atoms with van der Waals surface area (Å²) in [5.41, 5.74) is 1.74. The number of benzene rings is 2. The Labute approximate surface area is 226 Å². The molecule has 0 aliphatic carbocycles. The number of aliphatic carboxylic acids is 2. The van der Waals surface area contributed by atoms with Gasteiger partial charge in [0.2, 0.25) is 0 Å². The first-order valence-corrected chi connectivity index (χ1v) is 13.9. The number of aryl methyl sites for hydroxylation is 1. The molecule has 2 N–H and O–H groups in total. The molecule has 0 saturated carbocycles. The zero-order chi connectivity index (χ0) is 27.9. The van der Waals surface area contributed by atoms with Gasteiger partial charge in [-0.2, -0.15) is 0 Å². The van der Waals surface area contributed by atoms with Crippen LogP contribution in [-0.2, 0) is 25.6 Å². The molecular formula is C32H42O6. The van der Waals surface area contributed by atoms with Gasteiger partial charge >= 0.3 is 11.9 Å². The van der Waals surface area contributed by atoms with E-state index < -0.39 is 35.6 Å². The highest BCUT2D eigenvalue weighted by atomic mass is 16.4. The fourth-order valence-corrected chi connectivity index (χ4v) is 5.26. The second-order valence-corrected chi connectivity index (χ2v) is 10.2. The number of Topliss-reactive ketones (excluding diaryl/α,β-unsaturated/α-hetero) is 2. The quantitative estimate of drug-likeness (QED) is 0.212. The predicted molar refractivity (Wildman–Crippen MR) is 148 cm³/mol. The van der Waals surface area contributed by atoms with E-state index in [0.717, 1.165) is 18.4 Å². The Bertz CT molecular complexity index is 1020. The van der Waals surface area contributed by atoms with Crippen LogP contribution >= 0.6 is 0 Å². The summed E-state index contributed by atoms with van der Waals surface area (Å²) in [6, 6.07) is 18.8. The van der Waals surface area contributed by atoms with Gasteiger partial charge in [0.15, 0.2) is 0 Å². The van der Waals surface area contributed by atoms with Crippen LogP contribution in [0.2, 0.25) is 0 Å². The largest absolute Gasteiger partial charge is 0.481 e. The van der Waals surface area contributed by atoms with Crippen LogP contribution in [0.5, 0.6) is 0 Å². The lowest BCUT2D eigenvalue weighted by atomic mass is 9.69. The number of carboxylic acids is 2. The van der Waals surface area contributed by atoms with Crippen molar-refractivity contribution in [2.75, 3.05) is 0 Å². The molecule has 38 heavy (non-hydrogen) atoms. The maximum Gasteiger partial charge on any atom is 0.307 e. The molecule has 0 amide bonds. The number of hydrogen-bond acceptors (Lipinski definition) is 4. The third-order valence-corrected chi connectivity index (χ3v) is 7.35. The summed E-state index contributed by atoms with van der Waals surface area (Å²) in [4.78, 5) is 51.2. The van der Waals surface area contributed by atoms with Gasteiger partial charge < -0.3 is 10.2 Å². The van der Waals surface area contributed by atoms with Gasteiger partial charge in [-0.05, 0) is 49.1 Å². The van der Waals surface area contributed by atoms with E-state index in [1.54, 1.807) is 0 Å². The third-order valence-electron chi connectivity index (χ3n) is 7.35. The van der Waals surface area contributed by atoms with Crippen molar-refractivity contribution >= 4 is 23.5 Å². The van der Waals surface area contributed by atoms with Crippen LogP contribution in [0.1, 0.15) is 88.7 Å². The average Bonchev–Trinajstić information content (AvgIpc) is 2.91. The van der Waals surface area contributed by atoms with Crippen molar-refractivity contribution in [1.82, 2.24) is 0 Å². The normalized spacial score (nSPS) is 14.3. The van der Waals surface area contributed by atoms with E-state index in [0.29, 0.717) is 37.7 Å². The van der Waals surface area contributed by atoms with E-state index in [1.165, 1.54) is 0 Å². The second kappa shape index (κ2) is 16.5. The minimum Gasteiger partial charge on any atom is -0.481 e. The van der Waals surface area contributed by atoms with Crippen LogP contribution in [0.3, 0.4) is 0 Å². The number of carboxylic acid groups (broad SMARTS) is 2. The van der Waals surface area contributed by atoms with Crippen molar-refractivity contribution in [2.45, 2.75) is 84.0 Å². The van der Waals surface area contributed by atoms with Crippen LogP contribution < -0.4 is 0 Å². The predicted octanol–water partition coefficient (Wildman–Crippen LogP) is 6.72. The average molecular weight is 523 g/mol. The molecule has 2 rings (SSSR count). The number of ketones is 2. The monoisotopic (exact) mass is 522 g/mol. The Morgan fingerprint density at radius 1 is 0.763 bits per heavy atom. The second-order valence-electron chi connectivity index (χ2n) is 10.2. The van der Waals surface area contributed by atoms with Gasteiger partial charge in [0, 0.05) is 24.7 Å². The van der Waals surface area contributed by atoms with E-state index in [1.807, 2.05) is 74.5 Å². The van der Waals surface area contributed by atoms with Crippen molar-refractivity contribution in [3.8, 4) is 0 Å². The summed E-state index contributed by atoms with van der Waals surface area (Å²) in [7, 11) is 0. The topological polar surface area (TPSA) is 109 Å². The molecule has 0 fully saturated rings. The maximum absolute atomic E-state index is 13.5. The molecule has 2 aromatic carbocycles. The van der Waals surface area contributed by atoms with E-state index >= 15 is 0 Å². The Morgan fingerprint density at radius 3 is 1.84 bits per heavy atom. The van der Waals surface area contributed by atoms with Crippen LogP contribution in [0.25, 0.3) is 0 Å². The summed E-state index contributed by atoms with van der Waals surface area (Å²) in [5.74, 6) is -5.71. The molecule has 0 bridgehead atoms. The first-order valence-electron chi connectivity index (χ1n) is 13.9. The molecule has 0 radical (unpaired) electrons. The summed E-state index contributed by atoms with van der Waals surface area (Å²) in [6.07, 6.45) is 4.19. The summed E-state index contributed by atoms with van der Waals surface area (Å²) >= 11 is 0. The molecule has 2 aromatic rings. The molecular weight excluding hydrogens is 480 g/mol. The first kappa shape index (κ1) is 30.9. The smallest absolute Gasteiger partial charge is 0.307 e. The first-order chi connectivity index (χ1) is 18.3. The van der Waals surface area contributed by atoms with E-state index in [2.05, 4.69) is 0 Å². The molecule has 0 aliphatic rings. The molecule has 4 unspecified atom stereocenters. The molecule has 206 valence electrons. The van der Waals surface area contributed by atoms with E-state index in [9.17, 15) is 29.4 Å². The van der Waals surface area contributed by atoms with Gasteiger partial charge in [0.1, 0.15) is 11.6 Å². The highest BCUT2D eigenvalue weighted by Gasteiger charge is 2.41. The number of carbonyl (C=O) groups excluding carboxylic acids is 2. The van der Waals surface area contributed by atoms with Gasteiger partial charge in [-0.3, -0.25) is 19.2 Å². The molecule has 0 heterocycles. The number of rotatable bonds is 19. The molecule has 6 nitrogen and oxygen atoms in total. The highest BCUT2D eigenvalue weighted by molar-refractivity contribution is 5.87. The lowest BCUT2D eigenvalue weighted by Gasteiger charge is -2.33. The summed E-state index contributed by atoms with van der Waals surface area (Å²) < 4.78 is 0. The number of unbranched alkanes of at least 4 members (excludes halogenated alkanes) is 2. The zero-order valence-electron chi connectivity index (χ0n) is 22.7. The van der Waals surface area contributed by atoms with E-state index in [-0.39, 0.29) is 30.8 Å². The summed E-state index contributed by atoms with van der Waals surface area (Å²) in [5, 5.41) is 20.1. The fraction of sp³-hybridized carbons (Fsp3) is 0.500. The third kappa shape index (κ3) is 9.88. The lowest BCUT2D eigenvalue weighted by molar-refractivity contribution is -0.149. The van der Waals surface area contributed by atoms with E-state index in [4.69, 9.17) is 0 Å². The molecule has 0 aliphatic heterocycles. The van der Waals surface area contributed by atoms with Gasteiger partial charge in [0.05, 0.1) is 12.3 Å². The van der Waals surface area contributed by atoms with Gasteiger partial charge in [-0.25, -0.2) is 0 Å². The van der Waals surface area contributed by atoms with Gasteiger partial charge in [-0.1, -0.05) is 87.4 Å². The van der Waals surface area contributed by atoms with Crippen molar-refractivity contribution in [3.05, 3.63) is 71.8 Å². The molecule has 0 aromatic heterocycles. The minimum absolute atomic E-state index is 0.0804. The minimum atomic E-state index is -1.09. The SMILES string of the molecule is CCCCC(=O)C(CC(=O)O)CC(c1ccccc1)C(C(=O)O)C(CCc1ccccc1)C(=O)CCCC. The Morgan fingerprint density at radius 2 is 1.32 bits per heavy atom. The van der Waals surface area contributed by atoms with Crippen molar-refractivity contribution in [3.63, 3.8) is 0 Å². The molecule has 0 spiro atoms. The fourth-order valence-electron chi connectivity index (χ4n) is 5.26. The highest BCUT2D eigenvalue weighted by Crippen LogP contribution is 2.40. The number of hydrogen-bond donors (Lipinski definition) is 2. The van der Waals surface area contributed by atoms with Crippen molar-refractivity contribution < 1.29 is 29.4 Å². The Balaban J connectivity index is 2.51. The zero-order valence-corrected chi connectivity index (χ0v) is 22.7. The van der Waals surface area contributed by atoms with Crippen LogP contribution in [0, 0.1) is 17.8 Å². The Kier molecular flexibility index (Phi) is 13.5. The van der Waals surface area contributed by atoms with Gasteiger partial charge in [-0.15, -0.1) is 0 Å². The molecule has 4 atom stereocenters. The van der Waals surface area contributed by atoms with Crippen LogP contribution in [0.15, 0.2) is 60.7 Å². The lowest BCUT2D eigenvalue weighted by Crippen LogP contribution is -2.37. The number of carbonyl (C=O) groups is 4. The standard InChI is InChI=1S/C32H42O6/c1-3-5-17-28(33)25(22-30(35)36)21-27(24-15-11-8-12-16-24)31(32(37)38)26(29(34)18-6-4-2)20-19-23-13-9-7-10-14-23/h7-16,25-27,31H,3-6,17-22H2,1-2H3,(H,35,36)(H,37,38). The van der Waals surface area contributed by atoms with Gasteiger partial charge in [0.25, 0.3) is 0 Å². The molecule has 6 heteroatoms. The van der Waals surface area contributed by atoms with Crippen molar-refractivity contribution in [2.24, 2.45) is 17.8 Å². The Hall–Kier alpha value is -3.28. The molecule has 0 saturated heterocycles. The summed E-state index contributed by atoms with van der Waals surface area (Å²) in [6.45, 7) is 3.96. The van der Waals surface area contributed by atoms with Crippen LogP contribution in [-0.4, -0.2) is 33.7 Å².